The molecular weight excluding hydrogens is 636 g/mol. The van der Waals surface area contributed by atoms with Crippen LogP contribution in [0.15, 0.2) is 109 Å². The summed E-state index contributed by atoms with van der Waals surface area (Å²) in [4.78, 5) is 0. The van der Waals surface area contributed by atoms with E-state index in [2.05, 4.69) is 28.1 Å². The fourth-order valence-electron chi connectivity index (χ4n) is 5.33. The molecule has 0 bridgehead atoms. The van der Waals surface area contributed by atoms with E-state index in [9.17, 15) is 0 Å². The number of alkyl halides is 1. The van der Waals surface area contributed by atoms with Crippen molar-refractivity contribution in [3.8, 4) is 5.75 Å². The van der Waals surface area contributed by atoms with Crippen LogP contribution in [0.1, 0.15) is 27.8 Å². The zero-order chi connectivity index (χ0) is 31.3. The van der Waals surface area contributed by atoms with Crippen molar-refractivity contribution in [3.63, 3.8) is 0 Å². The summed E-state index contributed by atoms with van der Waals surface area (Å²) in [5.41, 5.74) is 5.37. The summed E-state index contributed by atoms with van der Waals surface area (Å²) >= 11 is 3.61. The van der Waals surface area contributed by atoms with E-state index in [4.69, 9.17) is 33.2 Å². The molecule has 1 aliphatic heterocycles. The maximum Gasteiger partial charge on any atom is 0.186 e. The second-order valence-corrected chi connectivity index (χ2v) is 11.4. The third-order valence-electron chi connectivity index (χ3n) is 7.80. The lowest BCUT2D eigenvalue weighted by atomic mass is 9.97. The molecule has 0 radical (unpaired) electrons. The van der Waals surface area contributed by atoms with Crippen molar-refractivity contribution in [1.29, 1.82) is 0 Å². The molecule has 4 aromatic carbocycles. The first-order valence-corrected chi connectivity index (χ1v) is 16.2. The molecule has 0 aromatic heterocycles. The molecule has 7 nitrogen and oxygen atoms in total. The fourth-order valence-corrected chi connectivity index (χ4v) is 5.88. The van der Waals surface area contributed by atoms with Crippen LogP contribution in [-0.2, 0) is 60.2 Å². The predicted molar refractivity (Wildman–Crippen MR) is 176 cm³/mol. The van der Waals surface area contributed by atoms with Gasteiger partial charge in [0.25, 0.3) is 0 Å². The summed E-state index contributed by atoms with van der Waals surface area (Å²) in [6.45, 7) is 1.80. The Labute approximate surface area is 274 Å². The molecule has 0 unspecified atom stereocenters. The van der Waals surface area contributed by atoms with Crippen molar-refractivity contribution in [2.75, 3.05) is 20.8 Å². The number of benzene rings is 4. The molecule has 0 aliphatic carbocycles. The van der Waals surface area contributed by atoms with Gasteiger partial charge in [-0.05, 0) is 39.9 Å². The van der Waals surface area contributed by atoms with E-state index in [0.717, 1.165) is 38.9 Å². The largest absolute Gasteiger partial charge is 0.497 e. The number of ether oxygens (including phenoxy) is 7. The van der Waals surface area contributed by atoms with E-state index in [1.54, 1.807) is 14.2 Å². The molecule has 5 rings (SSSR count). The first-order valence-electron chi connectivity index (χ1n) is 15.1. The van der Waals surface area contributed by atoms with Crippen molar-refractivity contribution in [1.82, 2.24) is 0 Å². The Morgan fingerprint density at radius 2 is 1.13 bits per heavy atom. The van der Waals surface area contributed by atoms with Gasteiger partial charge >= 0.3 is 0 Å². The molecule has 4 aromatic rings. The summed E-state index contributed by atoms with van der Waals surface area (Å²) in [7, 11) is 3.28. The number of halogens is 1. The Hall–Kier alpha value is -3.08. The second-order valence-electron chi connectivity index (χ2n) is 10.8. The lowest BCUT2D eigenvalue weighted by molar-refractivity contribution is -0.323. The standard InChI is InChI=1S/C37H41BrO7/c1-39-32-19-17-29(18-20-32)22-41-26-33-34(44-25-31-16-10-9-15-30(31)21-38)35(42-23-27-11-5-3-6-12-27)36(37(40-2)45-33)43-24-28-13-7-4-8-14-28/h3-20,33-37H,21-26H2,1-2H3/t33-,34-,35+,36-,37+/m1/s1. The van der Waals surface area contributed by atoms with Gasteiger partial charge in [-0.1, -0.05) is 113 Å². The van der Waals surface area contributed by atoms with Crippen LogP contribution in [0.4, 0.5) is 0 Å². The second kappa shape index (κ2) is 17.6. The Bertz CT molecular complexity index is 1400. The van der Waals surface area contributed by atoms with Crippen LogP contribution in [0, 0.1) is 0 Å². The maximum atomic E-state index is 6.73. The molecule has 0 saturated carbocycles. The highest BCUT2D eigenvalue weighted by Gasteiger charge is 2.48. The Kier molecular flexibility index (Phi) is 13.0. The number of hydrogen-bond acceptors (Lipinski definition) is 7. The Morgan fingerprint density at radius 1 is 0.578 bits per heavy atom. The van der Waals surface area contributed by atoms with E-state index in [-0.39, 0.29) is 6.61 Å². The van der Waals surface area contributed by atoms with Crippen molar-refractivity contribution in [3.05, 3.63) is 137 Å². The summed E-state index contributed by atoms with van der Waals surface area (Å²) in [5, 5.41) is 0.727. The molecule has 0 amide bonds. The first kappa shape index (κ1) is 33.3. The summed E-state index contributed by atoms with van der Waals surface area (Å²) in [5.74, 6) is 0.800. The lowest BCUT2D eigenvalue weighted by Crippen LogP contribution is -2.61. The molecule has 1 heterocycles. The zero-order valence-corrected chi connectivity index (χ0v) is 27.3. The van der Waals surface area contributed by atoms with Crippen LogP contribution in [0.3, 0.4) is 0 Å². The normalized spacial score (nSPS) is 21.4. The highest BCUT2D eigenvalue weighted by molar-refractivity contribution is 9.08. The lowest BCUT2D eigenvalue weighted by Gasteiger charge is -2.45. The van der Waals surface area contributed by atoms with Crippen molar-refractivity contribution >= 4 is 15.9 Å². The Morgan fingerprint density at radius 3 is 1.73 bits per heavy atom. The molecule has 1 saturated heterocycles. The minimum absolute atomic E-state index is 0.271. The van der Waals surface area contributed by atoms with Gasteiger partial charge in [-0.15, -0.1) is 0 Å². The SMILES string of the molecule is COc1ccc(COC[C@H]2O[C@H](OC)[C@H](OCc3ccccc3)[C@@H](OCc3ccccc3)[C@@H]2OCc2ccccc2CBr)cc1. The average Bonchev–Trinajstić information content (AvgIpc) is 3.10. The van der Waals surface area contributed by atoms with E-state index in [0.29, 0.717) is 26.4 Å². The molecular formula is C37H41BrO7. The van der Waals surface area contributed by atoms with Crippen LogP contribution in [0.25, 0.3) is 0 Å². The van der Waals surface area contributed by atoms with Gasteiger partial charge in [-0.25, -0.2) is 0 Å². The summed E-state index contributed by atoms with van der Waals surface area (Å²) in [6, 6.07) is 36.2. The van der Waals surface area contributed by atoms with Gasteiger partial charge in [0.05, 0.1) is 40.1 Å². The molecule has 1 fully saturated rings. The smallest absolute Gasteiger partial charge is 0.186 e. The number of methoxy groups -OCH3 is 2. The highest BCUT2D eigenvalue weighted by Crippen LogP contribution is 2.31. The molecule has 5 atom stereocenters. The van der Waals surface area contributed by atoms with E-state index in [1.807, 2.05) is 97.1 Å². The number of hydrogen-bond donors (Lipinski definition) is 0. The average molecular weight is 678 g/mol. The van der Waals surface area contributed by atoms with Gasteiger partial charge < -0.3 is 33.2 Å². The quantitative estimate of drug-likeness (QED) is 0.116. The van der Waals surface area contributed by atoms with Gasteiger partial charge in [-0.3, -0.25) is 0 Å². The molecule has 238 valence electrons. The van der Waals surface area contributed by atoms with Crippen LogP contribution in [-0.4, -0.2) is 51.5 Å². The fraction of sp³-hybridized carbons (Fsp3) is 0.351. The van der Waals surface area contributed by atoms with Gasteiger partial charge in [0, 0.05) is 12.4 Å². The summed E-state index contributed by atoms with van der Waals surface area (Å²) in [6.07, 6.45) is -2.77. The van der Waals surface area contributed by atoms with Gasteiger partial charge in [0.1, 0.15) is 30.2 Å². The van der Waals surface area contributed by atoms with E-state index in [1.165, 1.54) is 0 Å². The molecule has 0 spiro atoms. The van der Waals surface area contributed by atoms with E-state index >= 15 is 0 Å². The number of rotatable bonds is 16. The van der Waals surface area contributed by atoms with Gasteiger partial charge in [0.2, 0.25) is 0 Å². The van der Waals surface area contributed by atoms with Crippen molar-refractivity contribution in [2.24, 2.45) is 0 Å². The van der Waals surface area contributed by atoms with Gasteiger partial charge in [0.15, 0.2) is 6.29 Å². The van der Waals surface area contributed by atoms with Crippen LogP contribution in [0.5, 0.6) is 5.75 Å². The minimum Gasteiger partial charge on any atom is -0.497 e. The molecule has 1 aliphatic rings. The molecule has 8 heteroatoms. The first-order chi connectivity index (χ1) is 22.2. The topological polar surface area (TPSA) is 64.6 Å². The minimum atomic E-state index is -0.696. The van der Waals surface area contributed by atoms with Crippen LogP contribution < -0.4 is 4.74 Å². The summed E-state index contributed by atoms with van der Waals surface area (Å²) < 4.78 is 43.9. The molecule has 0 N–H and O–H groups in total. The third kappa shape index (κ3) is 9.47. The zero-order valence-electron chi connectivity index (χ0n) is 25.8. The third-order valence-corrected chi connectivity index (χ3v) is 8.40. The van der Waals surface area contributed by atoms with E-state index < -0.39 is 30.7 Å². The monoisotopic (exact) mass is 676 g/mol. The maximum absolute atomic E-state index is 6.73. The molecule has 45 heavy (non-hydrogen) atoms. The van der Waals surface area contributed by atoms with Crippen LogP contribution in [0.2, 0.25) is 0 Å². The van der Waals surface area contributed by atoms with Crippen molar-refractivity contribution in [2.45, 2.75) is 62.5 Å². The highest BCUT2D eigenvalue weighted by atomic mass is 79.9. The predicted octanol–water partition coefficient (Wildman–Crippen LogP) is 7.23. The Balaban J connectivity index is 1.40. The van der Waals surface area contributed by atoms with Gasteiger partial charge in [-0.2, -0.15) is 0 Å². The van der Waals surface area contributed by atoms with Crippen molar-refractivity contribution < 1.29 is 33.2 Å². The van der Waals surface area contributed by atoms with Crippen LogP contribution >= 0.6 is 15.9 Å².